The van der Waals surface area contributed by atoms with Gasteiger partial charge in [-0.05, 0) is 18.9 Å². The summed E-state index contributed by atoms with van der Waals surface area (Å²) in [5.41, 5.74) is 0. The van der Waals surface area contributed by atoms with Crippen LogP contribution in [-0.4, -0.2) is 19.6 Å². The highest BCUT2D eigenvalue weighted by Gasteiger charge is 2.26. The molecule has 0 aliphatic carbocycles. The van der Waals surface area contributed by atoms with Gasteiger partial charge in [-0.3, -0.25) is 0 Å². The topological polar surface area (TPSA) is 38.3 Å². The standard InChI is InChI=1S/C10H14N2O/c1-2-6-12(5-1)10-4-3-9(13-10)8-7-11-8/h3-4,8,11H,1-2,5-7H2/t8-/m1/s1. The molecular weight excluding hydrogens is 164 g/mol. The van der Waals surface area contributed by atoms with Crippen LogP contribution in [0.15, 0.2) is 16.5 Å². The molecule has 2 fully saturated rings. The van der Waals surface area contributed by atoms with E-state index in [1.54, 1.807) is 0 Å². The minimum Gasteiger partial charge on any atom is -0.444 e. The first-order valence-electron chi connectivity index (χ1n) is 5.01. The lowest BCUT2D eigenvalue weighted by molar-refractivity contribution is 0.505. The molecule has 2 aliphatic heterocycles. The van der Waals surface area contributed by atoms with Crippen molar-refractivity contribution in [2.75, 3.05) is 24.5 Å². The molecule has 0 saturated carbocycles. The maximum absolute atomic E-state index is 5.75. The summed E-state index contributed by atoms with van der Waals surface area (Å²) in [5, 5.41) is 3.24. The molecule has 0 unspecified atom stereocenters. The van der Waals surface area contributed by atoms with E-state index in [4.69, 9.17) is 4.42 Å². The van der Waals surface area contributed by atoms with Gasteiger partial charge in [0.05, 0.1) is 6.04 Å². The van der Waals surface area contributed by atoms with E-state index in [0.717, 1.165) is 31.3 Å². The van der Waals surface area contributed by atoms with Gasteiger partial charge in [-0.25, -0.2) is 0 Å². The zero-order chi connectivity index (χ0) is 8.67. The quantitative estimate of drug-likeness (QED) is 0.698. The molecule has 0 radical (unpaired) electrons. The Bertz CT molecular complexity index is 298. The molecule has 3 nitrogen and oxygen atoms in total. The Morgan fingerprint density at radius 3 is 2.77 bits per heavy atom. The van der Waals surface area contributed by atoms with Crippen LogP contribution in [-0.2, 0) is 0 Å². The fourth-order valence-electron chi connectivity index (χ4n) is 1.90. The summed E-state index contributed by atoms with van der Waals surface area (Å²) >= 11 is 0. The van der Waals surface area contributed by atoms with Crippen LogP contribution < -0.4 is 10.2 Å². The van der Waals surface area contributed by atoms with Crippen LogP contribution in [0.3, 0.4) is 0 Å². The Balaban J connectivity index is 1.79. The van der Waals surface area contributed by atoms with E-state index in [0.29, 0.717) is 6.04 Å². The number of nitrogens with one attached hydrogen (secondary N) is 1. The number of hydrogen-bond acceptors (Lipinski definition) is 3. The molecule has 3 heteroatoms. The molecule has 0 amide bonds. The van der Waals surface area contributed by atoms with Crippen molar-refractivity contribution in [1.82, 2.24) is 5.32 Å². The highest BCUT2D eigenvalue weighted by Crippen LogP contribution is 2.29. The molecule has 3 heterocycles. The monoisotopic (exact) mass is 178 g/mol. The van der Waals surface area contributed by atoms with E-state index in [1.165, 1.54) is 12.8 Å². The van der Waals surface area contributed by atoms with E-state index in [9.17, 15) is 0 Å². The zero-order valence-electron chi connectivity index (χ0n) is 7.62. The van der Waals surface area contributed by atoms with E-state index in [2.05, 4.69) is 22.3 Å². The van der Waals surface area contributed by atoms with Gasteiger partial charge in [0.15, 0.2) is 5.88 Å². The Morgan fingerprint density at radius 2 is 2.08 bits per heavy atom. The summed E-state index contributed by atoms with van der Waals surface area (Å²) in [5.74, 6) is 2.16. The van der Waals surface area contributed by atoms with Gasteiger partial charge in [0.1, 0.15) is 5.76 Å². The summed E-state index contributed by atoms with van der Waals surface area (Å²) in [6, 6.07) is 4.69. The van der Waals surface area contributed by atoms with Crippen LogP contribution in [0, 0.1) is 0 Å². The predicted molar refractivity (Wildman–Crippen MR) is 50.9 cm³/mol. The van der Waals surface area contributed by atoms with E-state index < -0.39 is 0 Å². The number of rotatable bonds is 2. The second-order valence-electron chi connectivity index (χ2n) is 3.83. The van der Waals surface area contributed by atoms with E-state index >= 15 is 0 Å². The fraction of sp³-hybridized carbons (Fsp3) is 0.600. The molecule has 1 aromatic rings. The lowest BCUT2D eigenvalue weighted by atomic mass is 10.3. The second-order valence-corrected chi connectivity index (χ2v) is 3.83. The zero-order valence-corrected chi connectivity index (χ0v) is 7.62. The molecule has 3 rings (SSSR count). The number of anilines is 1. The van der Waals surface area contributed by atoms with Crippen LogP contribution >= 0.6 is 0 Å². The Kier molecular flexibility index (Phi) is 1.59. The van der Waals surface area contributed by atoms with Crippen LogP contribution in [0.2, 0.25) is 0 Å². The minimum atomic E-state index is 0.497. The number of hydrogen-bond donors (Lipinski definition) is 1. The van der Waals surface area contributed by atoms with Gasteiger partial charge in [-0.2, -0.15) is 0 Å². The lowest BCUT2D eigenvalue weighted by Gasteiger charge is -2.12. The maximum Gasteiger partial charge on any atom is 0.195 e. The number of furan rings is 1. The molecular formula is C10H14N2O. The summed E-state index contributed by atoms with van der Waals surface area (Å²) in [6.45, 7) is 3.39. The Morgan fingerprint density at radius 1 is 1.31 bits per heavy atom. The van der Waals surface area contributed by atoms with Crippen molar-refractivity contribution in [2.24, 2.45) is 0 Å². The van der Waals surface area contributed by atoms with Crippen molar-refractivity contribution in [1.29, 1.82) is 0 Å². The average molecular weight is 178 g/mol. The van der Waals surface area contributed by atoms with Crippen molar-refractivity contribution in [3.63, 3.8) is 0 Å². The molecule has 0 aromatic carbocycles. The van der Waals surface area contributed by atoms with Gasteiger partial charge in [0.2, 0.25) is 0 Å². The lowest BCUT2D eigenvalue weighted by Crippen LogP contribution is -2.16. The first-order valence-corrected chi connectivity index (χ1v) is 5.01. The van der Waals surface area contributed by atoms with E-state index in [1.807, 2.05) is 0 Å². The van der Waals surface area contributed by atoms with Gasteiger partial charge >= 0.3 is 0 Å². The Labute approximate surface area is 77.7 Å². The molecule has 1 aromatic heterocycles. The van der Waals surface area contributed by atoms with E-state index in [-0.39, 0.29) is 0 Å². The van der Waals surface area contributed by atoms with Gasteiger partial charge in [-0.15, -0.1) is 0 Å². The smallest absolute Gasteiger partial charge is 0.195 e. The van der Waals surface area contributed by atoms with Crippen molar-refractivity contribution in [3.05, 3.63) is 17.9 Å². The van der Waals surface area contributed by atoms with Crippen LogP contribution in [0.5, 0.6) is 0 Å². The Hall–Kier alpha value is -0.960. The van der Waals surface area contributed by atoms with Gasteiger partial charge in [0.25, 0.3) is 0 Å². The molecule has 70 valence electrons. The summed E-state index contributed by atoms with van der Waals surface area (Å²) in [6.07, 6.45) is 2.61. The molecule has 2 aliphatic rings. The third-order valence-electron chi connectivity index (χ3n) is 2.78. The van der Waals surface area contributed by atoms with Crippen LogP contribution in [0.4, 0.5) is 5.88 Å². The largest absolute Gasteiger partial charge is 0.444 e. The number of nitrogens with zero attached hydrogens (tertiary/aromatic N) is 1. The molecule has 0 bridgehead atoms. The summed E-state index contributed by atoms with van der Waals surface area (Å²) < 4.78 is 5.75. The third-order valence-corrected chi connectivity index (χ3v) is 2.78. The summed E-state index contributed by atoms with van der Waals surface area (Å²) in [4.78, 5) is 2.33. The highest BCUT2D eigenvalue weighted by atomic mass is 16.4. The van der Waals surface area contributed by atoms with Crippen LogP contribution in [0.1, 0.15) is 24.6 Å². The van der Waals surface area contributed by atoms with Crippen molar-refractivity contribution >= 4 is 5.88 Å². The molecule has 1 atom stereocenters. The minimum absolute atomic E-state index is 0.497. The molecule has 2 saturated heterocycles. The van der Waals surface area contributed by atoms with Crippen molar-refractivity contribution in [3.8, 4) is 0 Å². The average Bonchev–Trinajstić information content (AvgIpc) is 2.72. The summed E-state index contributed by atoms with van der Waals surface area (Å²) in [7, 11) is 0. The molecule has 13 heavy (non-hydrogen) atoms. The molecule has 1 N–H and O–H groups in total. The molecule has 0 spiro atoms. The second kappa shape index (κ2) is 2.77. The van der Waals surface area contributed by atoms with Crippen LogP contribution in [0.25, 0.3) is 0 Å². The van der Waals surface area contributed by atoms with Gasteiger partial charge < -0.3 is 14.6 Å². The normalized spacial score (nSPS) is 26.8. The predicted octanol–water partition coefficient (Wildman–Crippen LogP) is 1.52. The SMILES string of the molecule is c1cc(N2CCCC2)oc1[C@H]1CN1. The van der Waals surface area contributed by atoms with Gasteiger partial charge in [0, 0.05) is 25.7 Å². The van der Waals surface area contributed by atoms with Crippen molar-refractivity contribution < 1.29 is 4.42 Å². The highest BCUT2D eigenvalue weighted by molar-refractivity contribution is 5.38. The first kappa shape index (κ1) is 7.44. The van der Waals surface area contributed by atoms with Crippen molar-refractivity contribution in [2.45, 2.75) is 18.9 Å². The maximum atomic E-state index is 5.75. The fourth-order valence-corrected chi connectivity index (χ4v) is 1.90. The third kappa shape index (κ3) is 1.33. The van der Waals surface area contributed by atoms with Gasteiger partial charge in [-0.1, -0.05) is 0 Å². The first-order chi connectivity index (χ1) is 6.43.